The Hall–Kier alpha value is -6.86. The van der Waals surface area contributed by atoms with Crippen LogP contribution in [0.4, 0.5) is 6.01 Å². The number of aromatic nitrogens is 2. The van der Waals surface area contributed by atoms with Gasteiger partial charge in [-0.3, -0.25) is 19.8 Å². The highest BCUT2D eigenvalue weighted by Gasteiger charge is 2.32. The fraction of sp³-hybridized carbons (Fsp3) is 0.407. The lowest BCUT2D eigenvalue weighted by Crippen LogP contribution is -2.39. The van der Waals surface area contributed by atoms with Gasteiger partial charge in [0.15, 0.2) is 0 Å². The maximum absolute atomic E-state index is 13.7. The number of hydrogen-bond donors (Lipinski definition) is 3. The fourth-order valence-corrected chi connectivity index (χ4v) is 10.1. The van der Waals surface area contributed by atoms with Gasteiger partial charge in [-0.05, 0) is 158 Å². The number of amides is 3. The first-order chi connectivity index (χ1) is 33.5. The molecule has 2 saturated heterocycles. The fourth-order valence-electron chi connectivity index (χ4n) is 10.1. The predicted molar refractivity (Wildman–Crippen MR) is 267 cm³/mol. The van der Waals surface area contributed by atoms with E-state index < -0.39 is 0 Å². The van der Waals surface area contributed by atoms with Crippen LogP contribution in [0.1, 0.15) is 177 Å². The Morgan fingerprint density at radius 2 is 1.09 bits per heavy atom. The summed E-state index contributed by atoms with van der Waals surface area (Å²) in [5.74, 6) is 7.18. The van der Waals surface area contributed by atoms with Crippen molar-refractivity contribution in [3.05, 3.63) is 134 Å². The second-order valence-corrected chi connectivity index (χ2v) is 18.6. The second kappa shape index (κ2) is 23.4. The van der Waals surface area contributed by atoms with Gasteiger partial charge in [0.05, 0.1) is 23.3 Å². The molecule has 2 aliphatic heterocycles. The molecule has 4 fully saturated rings. The highest BCUT2D eigenvalue weighted by atomic mass is 79.9. The molecule has 9 rings (SSSR count). The van der Waals surface area contributed by atoms with Gasteiger partial charge in [0, 0.05) is 64.4 Å². The van der Waals surface area contributed by atoms with Crippen LogP contribution in [0.15, 0.2) is 77.2 Å². The van der Waals surface area contributed by atoms with E-state index in [1.165, 1.54) is 29.5 Å². The van der Waals surface area contributed by atoms with Gasteiger partial charge in [-0.1, -0.05) is 68.2 Å². The second-order valence-electron chi connectivity index (χ2n) is 18.3. The first kappa shape index (κ1) is 50.0. The average molecular weight is 992 g/mol. The minimum Gasteiger partial charge on any atom is -0.404 e. The summed E-state index contributed by atoms with van der Waals surface area (Å²) in [4.78, 5) is 45.0. The molecule has 0 radical (unpaired) electrons. The van der Waals surface area contributed by atoms with E-state index in [4.69, 9.17) is 31.8 Å². The van der Waals surface area contributed by atoms with Crippen LogP contribution in [0.3, 0.4) is 0 Å². The number of benzene rings is 4. The quantitative estimate of drug-likeness (QED) is 0.0677. The summed E-state index contributed by atoms with van der Waals surface area (Å²) in [6.07, 6.45) is 11.9. The van der Waals surface area contributed by atoms with Crippen molar-refractivity contribution in [2.24, 2.45) is 5.84 Å². The number of nitrogens with one attached hydrogen (secondary N) is 1. The van der Waals surface area contributed by atoms with Crippen LogP contribution in [0, 0.1) is 32.9 Å². The minimum absolute atomic E-state index is 0.00800. The summed E-state index contributed by atoms with van der Waals surface area (Å²) >= 11 is 2.45. The Morgan fingerprint density at radius 1 is 0.652 bits per heavy atom. The molecule has 0 bridgehead atoms. The van der Waals surface area contributed by atoms with E-state index in [9.17, 15) is 14.4 Å². The SMILES string of the molecule is CCc1cc(C2CCC2)c(-c2nnc(N)o2)cc1C(=O)N1CCC(c2ccc(C#N)cc2)CC1.CCc1cc(C2CCC2)c(C(=O)NN)cc1C(=O)N1CCC(c2ccc(C#N)cc2)CC1.N#CBr. The number of anilines is 1. The van der Waals surface area contributed by atoms with Crippen LogP contribution in [0.5, 0.6) is 0 Å². The van der Waals surface area contributed by atoms with E-state index in [1.54, 1.807) is 11.0 Å². The van der Waals surface area contributed by atoms with Crippen LogP contribution in [0.25, 0.3) is 11.5 Å². The minimum atomic E-state index is -0.330. The van der Waals surface area contributed by atoms with Gasteiger partial charge in [-0.2, -0.15) is 15.8 Å². The molecule has 15 heteroatoms. The molecule has 0 atom stereocenters. The monoisotopic (exact) mass is 990 g/mol. The van der Waals surface area contributed by atoms with Crippen molar-refractivity contribution < 1.29 is 18.8 Å². The summed E-state index contributed by atoms with van der Waals surface area (Å²) in [7, 11) is 0. The lowest BCUT2D eigenvalue weighted by Gasteiger charge is -2.33. The molecule has 5 aromatic rings. The van der Waals surface area contributed by atoms with Gasteiger partial charge in [-0.25, -0.2) is 5.84 Å². The molecule has 0 unspecified atom stereocenters. The Morgan fingerprint density at radius 3 is 1.46 bits per heavy atom. The summed E-state index contributed by atoms with van der Waals surface area (Å²) in [6, 6.07) is 27.9. The molecule has 69 heavy (non-hydrogen) atoms. The van der Waals surface area contributed by atoms with E-state index in [2.05, 4.69) is 69.7 Å². The third-order valence-corrected chi connectivity index (χ3v) is 14.5. The van der Waals surface area contributed by atoms with Crippen molar-refractivity contribution in [2.45, 2.75) is 115 Å². The molecule has 4 aromatic carbocycles. The highest BCUT2D eigenvalue weighted by molar-refractivity contribution is 9.12. The van der Waals surface area contributed by atoms with E-state index in [-0.39, 0.29) is 23.7 Å². The standard InChI is InChI=1S/C27H29N5O2.C26H30N4O2.CBrN/c1-2-18-14-22(21-4-3-5-21)24(25-30-31-27(29)34-25)15-23(18)26(33)32-12-10-20(11-13-32)19-8-6-17(16-28)7-9-19;1-2-18-14-22(21-4-3-5-21)24(25(31)29-28)15-23(18)26(32)30-12-10-20(11-13-30)19-8-6-17(16-27)7-9-19;2-1-3/h6-9,14-15,20-21H,2-5,10-13H2,1H3,(H2,29,31);6-9,14-15,20-21H,2-5,10-13,28H2,1H3,(H,29,31);. The largest absolute Gasteiger partial charge is 0.404 e. The van der Waals surface area contributed by atoms with Crippen LogP contribution < -0.4 is 17.0 Å². The van der Waals surface area contributed by atoms with Crippen LogP contribution >= 0.6 is 15.9 Å². The van der Waals surface area contributed by atoms with Crippen molar-refractivity contribution in [3.8, 4) is 28.6 Å². The molecule has 0 spiro atoms. The number of aryl methyl sites for hydroxylation is 2. The number of likely N-dealkylation sites (tertiary alicyclic amines) is 2. The van der Waals surface area contributed by atoms with Crippen molar-refractivity contribution in [1.82, 2.24) is 25.4 Å². The smallest absolute Gasteiger partial charge is 0.313 e. The van der Waals surface area contributed by atoms with Gasteiger partial charge < -0.3 is 20.0 Å². The number of nitriles is 3. The van der Waals surface area contributed by atoms with Crippen LogP contribution in [-0.2, 0) is 12.8 Å². The van der Waals surface area contributed by atoms with Crippen molar-refractivity contribution in [2.75, 3.05) is 31.9 Å². The summed E-state index contributed by atoms with van der Waals surface area (Å²) in [6.45, 7) is 6.92. The van der Waals surface area contributed by atoms with Crippen molar-refractivity contribution >= 4 is 39.7 Å². The first-order valence-electron chi connectivity index (χ1n) is 24.1. The van der Waals surface area contributed by atoms with E-state index >= 15 is 0 Å². The molecule has 2 saturated carbocycles. The molecular weight excluding hydrogens is 933 g/mol. The molecule has 14 nitrogen and oxygen atoms in total. The predicted octanol–water partition coefficient (Wildman–Crippen LogP) is 9.91. The third kappa shape index (κ3) is 11.5. The zero-order valence-electron chi connectivity index (χ0n) is 39.3. The third-order valence-electron chi connectivity index (χ3n) is 14.5. The number of hydrazine groups is 1. The number of nitrogen functional groups attached to an aromatic ring is 2. The number of halogens is 1. The van der Waals surface area contributed by atoms with Crippen LogP contribution in [0.2, 0.25) is 0 Å². The van der Waals surface area contributed by atoms with Crippen molar-refractivity contribution in [3.63, 3.8) is 0 Å². The topological polar surface area (TPSA) is 232 Å². The Balaban J connectivity index is 0.000000193. The Kier molecular flexibility index (Phi) is 17.0. The number of nitrogens with two attached hydrogens (primary N) is 2. The normalized spacial score (nSPS) is 16.2. The number of carbonyl (C=O) groups is 3. The molecular formula is C54H59BrN10O4. The summed E-state index contributed by atoms with van der Waals surface area (Å²) in [5.41, 5.74) is 18.7. The number of piperidine rings is 2. The number of nitrogens with zero attached hydrogens (tertiary/aromatic N) is 7. The number of hydrogen-bond acceptors (Lipinski definition) is 11. The molecule has 1 aromatic heterocycles. The lowest BCUT2D eigenvalue weighted by atomic mass is 9.76. The zero-order chi connectivity index (χ0) is 49.0. The Bertz CT molecular complexity index is 2750. The van der Waals surface area contributed by atoms with E-state index in [0.29, 0.717) is 83.6 Å². The van der Waals surface area contributed by atoms with Gasteiger partial charge in [0.25, 0.3) is 17.7 Å². The molecule has 4 aliphatic rings. The highest BCUT2D eigenvalue weighted by Crippen LogP contribution is 2.43. The van der Waals surface area contributed by atoms with Gasteiger partial charge in [0.1, 0.15) is 4.98 Å². The molecule has 356 valence electrons. The maximum atomic E-state index is 13.7. The molecule has 5 N–H and O–H groups in total. The summed E-state index contributed by atoms with van der Waals surface area (Å²) in [5, 5.41) is 33.2. The summed E-state index contributed by atoms with van der Waals surface area (Å²) < 4.78 is 5.57. The van der Waals surface area contributed by atoms with E-state index in [1.807, 2.05) is 64.4 Å². The molecule has 3 heterocycles. The van der Waals surface area contributed by atoms with E-state index in [0.717, 1.165) is 86.5 Å². The van der Waals surface area contributed by atoms with Gasteiger partial charge >= 0.3 is 6.01 Å². The number of rotatable bonds is 10. The van der Waals surface area contributed by atoms with Gasteiger partial charge in [0.2, 0.25) is 5.89 Å². The molecule has 2 aliphatic carbocycles. The van der Waals surface area contributed by atoms with Gasteiger partial charge in [-0.15, -0.1) is 5.10 Å². The number of carbonyl (C=O) groups excluding carboxylic acids is 3. The average Bonchev–Trinajstić information content (AvgIpc) is 3.80. The zero-order valence-corrected chi connectivity index (χ0v) is 40.9. The Labute approximate surface area is 412 Å². The van der Waals surface area contributed by atoms with Crippen molar-refractivity contribution in [1.29, 1.82) is 15.8 Å². The molecule has 3 amide bonds. The first-order valence-corrected chi connectivity index (χ1v) is 24.9. The lowest BCUT2D eigenvalue weighted by molar-refractivity contribution is 0.0704. The maximum Gasteiger partial charge on any atom is 0.313 e. The van der Waals surface area contributed by atoms with Crippen LogP contribution in [-0.4, -0.2) is 63.9 Å².